The smallest absolute Gasteiger partial charge is 0.299 e. The molecule has 68 valence electrons. The topological polar surface area (TPSA) is 17.1 Å². The highest BCUT2D eigenvalue weighted by atomic mass is 31.2. The third kappa shape index (κ3) is 1.89. The zero-order valence-corrected chi connectivity index (χ0v) is 5.75. The van der Waals surface area contributed by atoms with Crippen molar-refractivity contribution in [1.82, 2.24) is 0 Å². The summed E-state index contributed by atoms with van der Waals surface area (Å²) >= 11 is 0. The van der Waals surface area contributed by atoms with Gasteiger partial charge in [-0.2, -0.15) is 0 Å². The molecular formula is C3H3F6OP. The molecule has 0 aliphatic heterocycles. The van der Waals surface area contributed by atoms with Crippen LogP contribution in [0.2, 0.25) is 0 Å². The Labute approximate surface area is 57.8 Å². The van der Waals surface area contributed by atoms with E-state index in [-0.39, 0.29) is 0 Å². The summed E-state index contributed by atoms with van der Waals surface area (Å²) < 4.78 is 78.2. The molecule has 0 aliphatic rings. The Hall–Kier alpha value is -0.190. The fraction of sp³-hybridized carbons (Fsp3) is 1.00. The van der Waals surface area contributed by atoms with E-state index in [1.165, 1.54) is 0 Å². The van der Waals surface area contributed by atoms with E-state index in [0.29, 0.717) is 0 Å². The molecule has 0 bridgehead atoms. The fourth-order valence-corrected chi connectivity index (χ4v) is 0.767. The second-order valence-electron chi connectivity index (χ2n) is 1.60. The lowest BCUT2D eigenvalue weighted by atomic mass is 11.6. The van der Waals surface area contributed by atoms with Crippen molar-refractivity contribution < 1.29 is 30.9 Å². The van der Waals surface area contributed by atoms with Crippen LogP contribution < -0.4 is 0 Å². The minimum Gasteiger partial charge on any atom is -0.305 e. The highest BCUT2D eigenvalue weighted by molar-refractivity contribution is 7.64. The summed E-state index contributed by atoms with van der Waals surface area (Å²) in [4.78, 5) is 0. The second kappa shape index (κ2) is 3.47. The average molecular weight is 200 g/mol. The van der Waals surface area contributed by atoms with Crippen LogP contribution >= 0.6 is 7.14 Å². The van der Waals surface area contributed by atoms with E-state index in [2.05, 4.69) is 0 Å². The van der Waals surface area contributed by atoms with Gasteiger partial charge >= 0.3 is 0 Å². The van der Waals surface area contributed by atoms with Gasteiger partial charge in [0, 0.05) is 0 Å². The first kappa shape index (κ1) is 10.8. The number of alkyl halides is 6. The van der Waals surface area contributed by atoms with Crippen molar-refractivity contribution in [3.8, 4) is 0 Å². The van der Waals surface area contributed by atoms with Crippen LogP contribution in [0.15, 0.2) is 0 Å². The van der Waals surface area contributed by atoms with Gasteiger partial charge in [0.05, 0.1) is 0 Å². The van der Waals surface area contributed by atoms with Crippen LogP contribution in [0.5, 0.6) is 0 Å². The van der Waals surface area contributed by atoms with E-state index in [1.807, 2.05) is 0 Å². The Morgan fingerprint density at radius 2 is 0.909 bits per heavy atom. The van der Waals surface area contributed by atoms with Gasteiger partial charge in [-0.1, -0.05) is 0 Å². The number of hydrogen-bond acceptors (Lipinski definition) is 1. The molecule has 0 heterocycles. The van der Waals surface area contributed by atoms with Crippen molar-refractivity contribution in [2.24, 2.45) is 0 Å². The maximum absolute atomic E-state index is 11.4. The van der Waals surface area contributed by atoms with Crippen molar-refractivity contribution in [2.75, 3.05) is 0 Å². The first-order valence-electron chi connectivity index (χ1n) is 2.27. The van der Waals surface area contributed by atoms with Gasteiger partial charge in [-0.15, -0.1) is 0 Å². The van der Waals surface area contributed by atoms with Gasteiger partial charge in [0.1, 0.15) is 0 Å². The molecule has 0 radical (unpaired) electrons. The molecule has 0 N–H and O–H groups in total. The van der Waals surface area contributed by atoms with Crippen LogP contribution in [0.3, 0.4) is 0 Å². The van der Waals surface area contributed by atoms with E-state index in [1.54, 1.807) is 0 Å². The van der Waals surface area contributed by atoms with Gasteiger partial charge in [0.2, 0.25) is 0 Å². The molecule has 0 aromatic rings. The van der Waals surface area contributed by atoms with Gasteiger partial charge < -0.3 is 4.57 Å². The fourth-order valence-electron chi connectivity index (χ4n) is 0.256. The molecule has 0 saturated carbocycles. The van der Waals surface area contributed by atoms with Crippen LogP contribution in [0.25, 0.3) is 0 Å². The summed E-state index contributed by atoms with van der Waals surface area (Å²) in [6, 6.07) is 0. The Kier molecular flexibility index (Phi) is 3.41. The first-order chi connectivity index (χ1) is 4.83. The summed E-state index contributed by atoms with van der Waals surface area (Å²) in [5.41, 5.74) is 0. The summed E-state index contributed by atoms with van der Waals surface area (Å²) in [5, 5.41) is 0. The lowest BCUT2D eigenvalue weighted by molar-refractivity contribution is 0.145. The van der Waals surface area contributed by atoms with E-state index >= 15 is 0 Å². The van der Waals surface area contributed by atoms with Crippen molar-refractivity contribution in [1.29, 1.82) is 0 Å². The monoisotopic (exact) mass is 200 g/mol. The van der Waals surface area contributed by atoms with E-state index in [4.69, 9.17) is 0 Å². The van der Waals surface area contributed by atoms with Gasteiger partial charge in [0.15, 0.2) is 0 Å². The Morgan fingerprint density at radius 1 is 0.727 bits per heavy atom. The number of hydrogen-bond donors (Lipinski definition) is 0. The first-order valence-corrected chi connectivity index (χ1v) is 4.18. The lowest BCUT2D eigenvalue weighted by Gasteiger charge is -2.13. The van der Waals surface area contributed by atoms with Crippen LogP contribution in [0.4, 0.5) is 26.3 Å². The second-order valence-corrected chi connectivity index (χ2v) is 4.29. The predicted octanol–water partition coefficient (Wildman–Crippen LogP) is 3.02. The molecule has 0 atom stereocenters. The lowest BCUT2D eigenvalue weighted by Crippen LogP contribution is -2.10. The Balaban J connectivity index is 4.69. The molecule has 0 aliphatic carbocycles. The minimum atomic E-state index is -5.94. The third-order valence-electron chi connectivity index (χ3n) is 0.915. The maximum atomic E-state index is 11.4. The van der Waals surface area contributed by atoms with Gasteiger partial charge in [-0.25, -0.2) is 26.3 Å². The van der Waals surface area contributed by atoms with Crippen LogP contribution in [-0.4, -0.2) is 18.5 Å². The Morgan fingerprint density at radius 3 is 0.909 bits per heavy atom. The van der Waals surface area contributed by atoms with Crippen molar-refractivity contribution in [3.05, 3.63) is 0 Å². The van der Waals surface area contributed by atoms with Crippen molar-refractivity contribution in [3.63, 3.8) is 0 Å². The summed E-state index contributed by atoms with van der Waals surface area (Å²) in [6.07, 6.45) is -12.5. The zero-order valence-electron chi connectivity index (χ0n) is 4.86. The molecule has 8 heteroatoms. The van der Waals surface area contributed by atoms with Crippen molar-refractivity contribution >= 4 is 7.14 Å². The van der Waals surface area contributed by atoms with Gasteiger partial charge in [-0.3, -0.25) is 0 Å². The molecule has 0 saturated heterocycles. The summed E-state index contributed by atoms with van der Waals surface area (Å²) in [6.45, 7) is 0. The van der Waals surface area contributed by atoms with E-state index in [0.717, 1.165) is 0 Å². The SMILES string of the molecule is O=P(C(F)F)(C(F)F)C(F)F. The minimum absolute atomic E-state index is 4.16. The van der Waals surface area contributed by atoms with Gasteiger partial charge in [0.25, 0.3) is 25.6 Å². The van der Waals surface area contributed by atoms with Crippen LogP contribution in [0, 0.1) is 0 Å². The summed E-state index contributed by atoms with van der Waals surface area (Å²) in [5.74, 6) is 0. The molecule has 0 spiro atoms. The molecule has 0 fully saturated rings. The standard InChI is InChI=1S/C3H3F6OP/c4-1(5)11(10,2(6)7)3(8)9/h1-3H. The molecule has 1 nitrogen and oxygen atoms in total. The Bertz CT molecular complexity index is 139. The highest BCUT2D eigenvalue weighted by Gasteiger charge is 2.51. The summed E-state index contributed by atoms with van der Waals surface area (Å²) in [7, 11) is -5.94. The molecule has 0 aromatic carbocycles. The normalized spacial score (nSPS) is 13.5. The van der Waals surface area contributed by atoms with Crippen molar-refractivity contribution in [2.45, 2.75) is 18.5 Å². The number of rotatable bonds is 3. The molecule has 0 unspecified atom stereocenters. The maximum Gasteiger partial charge on any atom is 0.299 e. The van der Waals surface area contributed by atoms with Gasteiger partial charge in [-0.05, 0) is 0 Å². The highest BCUT2D eigenvalue weighted by Crippen LogP contribution is 2.62. The van der Waals surface area contributed by atoms with Crippen LogP contribution in [0.1, 0.15) is 0 Å². The zero-order chi connectivity index (χ0) is 9.23. The molecule has 0 rings (SSSR count). The molecule has 0 amide bonds. The third-order valence-corrected chi connectivity index (χ3v) is 2.75. The average Bonchev–Trinajstić information content (AvgIpc) is 1.84. The largest absolute Gasteiger partial charge is 0.305 e. The number of halogens is 6. The molecule has 11 heavy (non-hydrogen) atoms. The molecular weight excluding hydrogens is 197 g/mol. The predicted molar refractivity (Wildman–Crippen MR) is 25.6 cm³/mol. The van der Waals surface area contributed by atoms with Crippen LogP contribution in [-0.2, 0) is 4.57 Å². The quantitative estimate of drug-likeness (QED) is 0.505. The van der Waals surface area contributed by atoms with E-state index in [9.17, 15) is 30.9 Å². The molecule has 0 aromatic heterocycles. The van der Waals surface area contributed by atoms with E-state index < -0.39 is 25.6 Å².